The van der Waals surface area contributed by atoms with E-state index in [0.29, 0.717) is 0 Å². The van der Waals surface area contributed by atoms with Gasteiger partial charge >= 0.3 is 18.8 Å². The molecule has 11 heteroatoms. The van der Waals surface area contributed by atoms with Gasteiger partial charge in [-0.3, -0.25) is 4.79 Å². The molecule has 0 aliphatic carbocycles. The van der Waals surface area contributed by atoms with Crippen LogP contribution in [0, 0.1) is 5.92 Å². The van der Waals surface area contributed by atoms with E-state index >= 15 is 0 Å². The maximum absolute atomic E-state index is 13.8. The molecule has 2 aromatic carbocycles. The summed E-state index contributed by atoms with van der Waals surface area (Å²) < 4.78 is 71.4. The molecule has 3 atom stereocenters. The lowest BCUT2D eigenvalue weighted by Crippen LogP contribution is -2.72. The van der Waals surface area contributed by atoms with Crippen molar-refractivity contribution in [3.63, 3.8) is 0 Å². The van der Waals surface area contributed by atoms with Crippen LogP contribution >= 0.6 is 0 Å². The van der Waals surface area contributed by atoms with Gasteiger partial charge in [-0.2, -0.15) is 22.0 Å². The molecule has 2 amide bonds. The number of alkyl halides is 5. The van der Waals surface area contributed by atoms with Crippen LogP contribution in [0.3, 0.4) is 0 Å². The van der Waals surface area contributed by atoms with E-state index in [0.717, 1.165) is 12.1 Å². The molecule has 2 aromatic rings. The van der Waals surface area contributed by atoms with E-state index < -0.39 is 48.0 Å². The third-order valence-electron chi connectivity index (χ3n) is 4.62. The molecule has 3 N–H and O–H groups in total. The van der Waals surface area contributed by atoms with Crippen LogP contribution < -0.4 is 15.4 Å². The van der Waals surface area contributed by atoms with Crippen molar-refractivity contribution in [2.45, 2.75) is 24.6 Å². The molecular weight excluding hydrogens is 415 g/mol. The zero-order valence-electron chi connectivity index (χ0n) is 15.0. The van der Waals surface area contributed by atoms with Crippen LogP contribution in [-0.2, 0) is 0 Å². The van der Waals surface area contributed by atoms with Crippen LogP contribution in [0.4, 0.5) is 26.7 Å². The Balaban J connectivity index is 2.19. The van der Waals surface area contributed by atoms with Crippen molar-refractivity contribution in [3.05, 3.63) is 65.7 Å². The highest BCUT2D eigenvalue weighted by Crippen LogP contribution is 2.45. The number of carbonyl (C=O) groups is 2. The summed E-state index contributed by atoms with van der Waals surface area (Å²) in [6, 6.07) is 8.28. The Labute approximate surface area is 166 Å². The van der Waals surface area contributed by atoms with Crippen LogP contribution in [0.2, 0.25) is 0 Å². The molecule has 0 radical (unpaired) electrons. The fourth-order valence-corrected chi connectivity index (χ4v) is 3.32. The van der Waals surface area contributed by atoms with Crippen LogP contribution in [0.15, 0.2) is 54.6 Å². The number of amides is 2. The van der Waals surface area contributed by atoms with Crippen molar-refractivity contribution in [1.29, 1.82) is 0 Å². The lowest BCUT2D eigenvalue weighted by molar-refractivity contribution is -0.287. The van der Waals surface area contributed by atoms with Gasteiger partial charge in [-0.15, -0.1) is 0 Å². The van der Waals surface area contributed by atoms with Crippen molar-refractivity contribution in [1.82, 2.24) is 10.6 Å². The van der Waals surface area contributed by atoms with Crippen LogP contribution in [-0.4, -0.2) is 35.4 Å². The third kappa shape index (κ3) is 3.92. The van der Waals surface area contributed by atoms with E-state index in [-0.39, 0.29) is 11.1 Å². The van der Waals surface area contributed by atoms with Gasteiger partial charge in [0.1, 0.15) is 11.7 Å². The molecule has 3 rings (SSSR count). The zero-order chi connectivity index (χ0) is 22.1. The Morgan fingerprint density at radius 2 is 1.67 bits per heavy atom. The van der Waals surface area contributed by atoms with Gasteiger partial charge in [0.05, 0.1) is 6.04 Å². The smallest absolute Gasteiger partial charge is 0.434 e. The number of para-hydroxylation sites is 1. The van der Waals surface area contributed by atoms with Crippen molar-refractivity contribution < 1.29 is 41.4 Å². The maximum Gasteiger partial charge on any atom is 0.437 e. The van der Waals surface area contributed by atoms with Crippen molar-refractivity contribution in [3.8, 4) is 5.75 Å². The summed E-state index contributed by atoms with van der Waals surface area (Å²) in [6.07, 6.45) is -5.46. The number of urea groups is 1. The van der Waals surface area contributed by atoms with E-state index in [1.807, 2.05) is 0 Å². The Kier molecular flexibility index (Phi) is 5.66. The molecule has 1 fully saturated rings. The second kappa shape index (κ2) is 7.90. The maximum atomic E-state index is 13.8. The fraction of sp³-hybridized carbons (Fsp3) is 0.263. The number of carbonyl (C=O) groups excluding carboxylic acids is 2. The topological polar surface area (TPSA) is 87.7 Å². The number of benzene rings is 2. The monoisotopic (exact) mass is 430 g/mol. The molecule has 0 spiro atoms. The average molecular weight is 430 g/mol. The average Bonchev–Trinajstić information content (AvgIpc) is 2.67. The van der Waals surface area contributed by atoms with E-state index in [1.165, 1.54) is 47.8 Å². The van der Waals surface area contributed by atoms with Gasteiger partial charge in [0, 0.05) is 11.1 Å². The molecule has 1 saturated heterocycles. The predicted octanol–water partition coefficient (Wildman–Crippen LogP) is 3.39. The van der Waals surface area contributed by atoms with Gasteiger partial charge < -0.3 is 20.5 Å². The molecule has 1 aliphatic heterocycles. The number of nitrogens with one attached hydrogen (secondary N) is 2. The molecule has 0 unspecified atom stereocenters. The highest BCUT2D eigenvalue weighted by atomic mass is 19.4. The van der Waals surface area contributed by atoms with E-state index in [1.54, 1.807) is 0 Å². The molecule has 1 heterocycles. The third-order valence-corrected chi connectivity index (χ3v) is 4.62. The predicted molar refractivity (Wildman–Crippen MR) is 92.7 cm³/mol. The first-order valence-corrected chi connectivity index (χ1v) is 8.55. The molecule has 1 aliphatic rings. The number of hydrogen-bond acceptors (Lipinski definition) is 4. The van der Waals surface area contributed by atoms with Gasteiger partial charge in [-0.25, -0.2) is 4.79 Å². The van der Waals surface area contributed by atoms with E-state index in [4.69, 9.17) is 0 Å². The molecule has 0 aromatic heterocycles. The summed E-state index contributed by atoms with van der Waals surface area (Å²) in [5, 5.41) is 14.0. The lowest BCUT2D eigenvalue weighted by atomic mass is 9.77. The van der Waals surface area contributed by atoms with Gasteiger partial charge in [0.2, 0.25) is 5.72 Å². The SMILES string of the molecule is O=C1N[C@H](c2ccccc2OC(F)F)[C@@H](C(=O)c2ccccc2)[C@@](O)(C(F)(F)F)N1. The summed E-state index contributed by atoms with van der Waals surface area (Å²) in [7, 11) is 0. The van der Waals surface area contributed by atoms with Crippen molar-refractivity contribution >= 4 is 11.8 Å². The lowest BCUT2D eigenvalue weighted by Gasteiger charge is -2.45. The first-order chi connectivity index (χ1) is 14.0. The summed E-state index contributed by atoms with van der Waals surface area (Å²) in [6.45, 7) is -3.31. The number of hydrogen-bond donors (Lipinski definition) is 3. The van der Waals surface area contributed by atoms with E-state index in [9.17, 15) is 36.6 Å². The minimum atomic E-state index is -5.46. The molecule has 6 nitrogen and oxygen atoms in total. The normalized spacial score (nSPS) is 24.2. The Morgan fingerprint density at radius 3 is 2.27 bits per heavy atom. The second-order valence-electron chi connectivity index (χ2n) is 6.46. The van der Waals surface area contributed by atoms with Gasteiger partial charge in [0.15, 0.2) is 5.78 Å². The number of rotatable bonds is 5. The van der Waals surface area contributed by atoms with Crippen LogP contribution in [0.25, 0.3) is 0 Å². The second-order valence-corrected chi connectivity index (χ2v) is 6.46. The largest absolute Gasteiger partial charge is 0.437 e. The quantitative estimate of drug-likeness (QED) is 0.501. The minimum Gasteiger partial charge on any atom is -0.434 e. The van der Waals surface area contributed by atoms with Crippen molar-refractivity contribution in [2.24, 2.45) is 5.92 Å². The van der Waals surface area contributed by atoms with Crippen molar-refractivity contribution in [2.75, 3.05) is 0 Å². The van der Waals surface area contributed by atoms with Gasteiger partial charge in [-0.05, 0) is 6.07 Å². The summed E-state index contributed by atoms with van der Waals surface area (Å²) in [4.78, 5) is 25.0. The Hall–Kier alpha value is -3.21. The molecule has 0 saturated carbocycles. The van der Waals surface area contributed by atoms with Crippen LogP contribution in [0.5, 0.6) is 5.75 Å². The highest BCUT2D eigenvalue weighted by Gasteiger charge is 2.66. The molecular formula is C19H15F5N2O4. The van der Waals surface area contributed by atoms with Gasteiger partial charge in [-0.1, -0.05) is 48.5 Å². The minimum absolute atomic E-state index is 0.180. The van der Waals surface area contributed by atoms with Gasteiger partial charge in [0.25, 0.3) is 0 Å². The summed E-state index contributed by atoms with van der Waals surface area (Å²) in [5.74, 6) is -4.06. The fourth-order valence-electron chi connectivity index (χ4n) is 3.32. The van der Waals surface area contributed by atoms with E-state index in [2.05, 4.69) is 10.1 Å². The number of ether oxygens (including phenoxy) is 1. The summed E-state index contributed by atoms with van der Waals surface area (Å²) >= 11 is 0. The Morgan fingerprint density at radius 1 is 1.07 bits per heavy atom. The molecule has 30 heavy (non-hydrogen) atoms. The number of halogens is 5. The first kappa shape index (κ1) is 21.5. The van der Waals surface area contributed by atoms with Crippen LogP contribution in [0.1, 0.15) is 22.0 Å². The number of ketones is 1. The number of aliphatic hydroxyl groups is 1. The standard InChI is InChI=1S/C19H15F5N2O4/c20-16(21)30-12-9-5-4-8-11(12)14-13(15(27)10-6-2-1-3-7-10)18(29,19(22,23)24)26-17(28)25-14/h1-9,13-14,16,29H,(H2,25,26,28)/t13-,14+,18+/m0/s1. The highest BCUT2D eigenvalue weighted by molar-refractivity contribution is 6.00. The molecule has 0 bridgehead atoms. The number of Topliss-reactive ketones (excluding diaryl/α,β-unsaturated/α-hetero) is 1. The summed E-state index contributed by atoms with van der Waals surface area (Å²) in [5.41, 5.74) is -4.48. The molecule has 160 valence electrons. The first-order valence-electron chi connectivity index (χ1n) is 8.55. The zero-order valence-corrected chi connectivity index (χ0v) is 15.0. The Bertz CT molecular complexity index is 938.